The molecule has 90 valence electrons. The van der Waals surface area contributed by atoms with Crippen molar-refractivity contribution in [1.82, 2.24) is 0 Å². The highest BCUT2D eigenvalue weighted by Crippen LogP contribution is 2.19. The summed E-state index contributed by atoms with van der Waals surface area (Å²) in [6.07, 6.45) is -0.629. The van der Waals surface area contributed by atoms with Gasteiger partial charge in [0.15, 0.2) is 0 Å². The summed E-state index contributed by atoms with van der Waals surface area (Å²) in [5, 5.41) is 8.88. The zero-order valence-electron chi connectivity index (χ0n) is 9.23. The molecule has 0 heterocycles. The first-order valence-electron chi connectivity index (χ1n) is 5.11. The molecule has 0 fully saturated rings. The Morgan fingerprint density at radius 1 is 1.47 bits per heavy atom. The van der Waals surface area contributed by atoms with Crippen LogP contribution < -0.4 is 5.73 Å². The summed E-state index contributed by atoms with van der Waals surface area (Å²) >= 11 is 0. The number of halogens is 1. The van der Waals surface area contributed by atoms with Gasteiger partial charge < -0.3 is 10.5 Å². The predicted octanol–water partition coefficient (Wildman–Crippen LogP) is 1.95. The van der Waals surface area contributed by atoms with Gasteiger partial charge in [-0.05, 0) is 12.0 Å². The number of carbonyl (C=O) groups is 1. The largest absolute Gasteiger partial charge is 0.425 e. The molecule has 0 saturated carbocycles. The minimum absolute atomic E-state index is 0.0763. The summed E-state index contributed by atoms with van der Waals surface area (Å²) in [6.45, 7) is -1.07. The van der Waals surface area contributed by atoms with Gasteiger partial charge in [-0.3, -0.25) is 0 Å². The molecular formula is C12H13FN2O2. The van der Waals surface area contributed by atoms with Crippen LogP contribution in [0.1, 0.15) is 12.0 Å². The van der Waals surface area contributed by atoms with E-state index in [2.05, 4.69) is 4.74 Å². The molecule has 2 N–H and O–H groups in total. The van der Waals surface area contributed by atoms with Crippen LogP contribution in [-0.4, -0.2) is 18.4 Å². The molecule has 0 spiro atoms. The molecule has 1 aromatic carbocycles. The van der Waals surface area contributed by atoms with E-state index in [0.29, 0.717) is 6.42 Å². The molecule has 0 aliphatic heterocycles. The Balaban J connectivity index is 2.68. The molecule has 17 heavy (non-hydrogen) atoms. The lowest BCUT2D eigenvalue weighted by atomic mass is 9.97. The van der Waals surface area contributed by atoms with E-state index in [1.54, 1.807) is 6.07 Å². The minimum Gasteiger partial charge on any atom is -0.425 e. The number of nitrogens with two attached hydrogens (primary N) is 1. The van der Waals surface area contributed by atoms with Crippen molar-refractivity contribution in [3.63, 3.8) is 0 Å². The maximum atomic E-state index is 12.8. The Kier molecular flexibility index (Phi) is 4.46. The van der Waals surface area contributed by atoms with Gasteiger partial charge in [0.25, 0.3) is 0 Å². The van der Waals surface area contributed by atoms with Gasteiger partial charge in [-0.25, -0.2) is 9.18 Å². The fourth-order valence-corrected chi connectivity index (χ4v) is 1.44. The number of carbonyl (C=O) groups excluding carboxylic acids is 1. The minimum atomic E-state index is -1.78. The molecule has 0 bridgehead atoms. The molecule has 0 radical (unpaired) electrons. The fourth-order valence-electron chi connectivity index (χ4n) is 1.44. The topological polar surface area (TPSA) is 76.1 Å². The lowest BCUT2D eigenvalue weighted by Crippen LogP contribution is -2.38. The maximum absolute atomic E-state index is 12.8. The molecular weight excluding hydrogens is 223 g/mol. The number of ether oxygens (including phenoxy) is 1. The standard InChI is InChI=1S/C12H13FN2O2/c13-8-12(9-14,17-11(15)16)7-6-10-4-2-1-3-5-10/h1-5H,6-8H2,(H2,15,16). The molecule has 1 aromatic rings. The van der Waals surface area contributed by atoms with Gasteiger partial charge in [-0.1, -0.05) is 30.3 Å². The predicted molar refractivity (Wildman–Crippen MR) is 59.8 cm³/mol. The summed E-state index contributed by atoms with van der Waals surface area (Å²) in [5.41, 5.74) is 3.98. The number of rotatable bonds is 5. The van der Waals surface area contributed by atoms with Gasteiger partial charge in [0.05, 0.1) is 0 Å². The summed E-state index contributed by atoms with van der Waals surface area (Å²) < 4.78 is 17.4. The molecule has 4 nitrogen and oxygen atoms in total. The van der Waals surface area contributed by atoms with Crippen LogP contribution in [0.25, 0.3) is 0 Å². The molecule has 1 amide bonds. The van der Waals surface area contributed by atoms with Crippen molar-refractivity contribution in [2.75, 3.05) is 6.67 Å². The molecule has 1 atom stereocenters. The normalized spacial score (nSPS) is 13.4. The number of hydrogen-bond donors (Lipinski definition) is 1. The molecule has 0 saturated heterocycles. The van der Waals surface area contributed by atoms with Crippen molar-refractivity contribution in [2.45, 2.75) is 18.4 Å². The Hall–Kier alpha value is -2.09. The number of primary amides is 1. The summed E-state index contributed by atoms with van der Waals surface area (Å²) in [7, 11) is 0. The van der Waals surface area contributed by atoms with Crippen molar-refractivity contribution in [2.24, 2.45) is 5.73 Å². The Morgan fingerprint density at radius 3 is 2.59 bits per heavy atom. The quantitative estimate of drug-likeness (QED) is 0.848. The van der Waals surface area contributed by atoms with Crippen LogP contribution in [0.3, 0.4) is 0 Å². The zero-order chi connectivity index (χ0) is 12.7. The van der Waals surface area contributed by atoms with Gasteiger partial charge in [-0.15, -0.1) is 0 Å². The highest BCUT2D eigenvalue weighted by molar-refractivity contribution is 5.65. The molecule has 1 rings (SSSR count). The Morgan fingerprint density at radius 2 is 2.12 bits per heavy atom. The second kappa shape index (κ2) is 5.85. The highest BCUT2D eigenvalue weighted by atomic mass is 19.1. The van der Waals surface area contributed by atoms with Crippen LogP contribution in [-0.2, 0) is 11.2 Å². The lowest BCUT2D eigenvalue weighted by Gasteiger charge is -2.22. The molecule has 0 aliphatic carbocycles. The summed E-state index contributed by atoms with van der Waals surface area (Å²) in [4.78, 5) is 10.6. The van der Waals surface area contributed by atoms with E-state index in [1.807, 2.05) is 30.3 Å². The third kappa shape index (κ3) is 3.76. The molecule has 1 unspecified atom stereocenters. The third-order valence-electron chi connectivity index (χ3n) is 2.38. The molecule has 0 aromatic heterocycles. The van der Waals surface area contributed by atoms with Crippen LogP contribution in [0.15, 0.2) is 30.3 Å². The van der Waals surface area contributed by atoms with Crippen molar-refractivity contribution < 1.29 is 13.9 Å². The average Bonchev–Trinajstić information content (AvgIpc) is 2.35. The molecule has 0 aliphatic rings. The summed E-state index contributed by atoms with van der Waals surface area (Å²) in [6, 6.07) is 10.9. The SMILES string of the molecule is N#CC(CF)(CCc1ccccc1)OC(N)=O. The van der Waals surface area contributed by atoms with E-state index in [-0.39, 0.29) is 6.42 Å². The van der Waals surface area contributed by atoms with E-state index in [4.69, 9.17) is 11.0 Å². The monoisotopic (exact) mass is 236 g/mol. The number of aryl methyl sites for hydroxylation is 1. The number of nitrogens with zero attached hydrogens (tertiary/aromatic N) is 1. The van der Waals surface area contributed by atoms with Crippen LogP contribution in [0, 0.1) is 11.3 Å². The first-order chi connectivity index (χ1) is 8.12. The first kappa shape index (κ1) is 13.0. The van der Waals surface area contributed by atoms with Crippen LogP contribution in [0.4, 0.5) is 9.18 Å². The average molecular weight is 236 g/mol. The number of hydrogen-bond acceptors (Lipinski definition) is 3. The van der Waals surface area contributed by atoms with E-state index >= 15 is 0 Å². The molecule has 5 heteroatoms. The van der Waals surface area contributed by atoms with Crippen LogP contribution in [0.5, 0.6) is 0 Å². The number of alkyl halides is 1. The van der Waals surface area contributed by atoms with Gasteiger partial charge >= 0.3 is 6.09 Å². The number of nitriles is 1. The fraction of sp³-hybridized carbons (Fsp3) is 0.333. The zero-order valence-corrected chi connectivity index (χ0v) is 9.23. The highest BCUT2D eigenvalue weighted by Gasteiger charge is 2.34. The summed E-state index contributed by atoms with van der Waals surface area (Å²) in [5.74, 6) is 0. The van der Waals surface area contributed by atoms with Crippen LogP contribution >= 0.6 is 0 Å². The second-order valence-electron chi connectivity index (χ2n) is 3.65. The van der Waals surface area contributed by atoms with Crippen molar-refractivity contribution in [3.05, 3.63) is 35.9 Å². The van der Waals surface area contributed by atoms with E-state index in [1.165, 1.54) is 0 Å². The van der Waals surface area contributed by atoms with Gasteiger partial charge in [0.1, 0.15) is 12.7 Å². The van der Waals surface area contributed by atoms with E-state index in [9.17, 15) is 9.18 Å². The van der Waals surface area contributed by atoms with Gasteiger partial charge in [-0.2, -0.15) is 5.26 Å². The first-order valence-corrected chi connectivity index (χ1v) is 5.11. The third-order valence-corrected chi connectivity index (χ3v) is 2.38. The van der Waals surface area contributed by atoms with Crippen molar-refractivity contribution in [3.8, 4) is 6.07 Å². The van der Waals surface area contributed by atoms with E-state index in [0.717, 1.165) is 5.56 Å². The lowest BCUT2D eigenvalue weighted by molar-refractivity contribution is 0.0340. The Labute approximate surface area is 98.8 Å². The number of amides is 1. The van der Waals surface area contributed by atoms with Crippen molar-refractivity contribution in [1.29, 1.82) is 5.26 Å². The maximum Gasteiger partial charge on any atom is 0.406 e. The smallest absolute Gasteiger partial charge is 0.406 e. The Bertz CT molecular complexity index is 416. The van der Waals surface area contributed by atoms with Crippen LogP contribution in [0.2, 0.25) is 0 Å². The van der Waals surface area contributed by atoms with Gasteiger partial charge in [0.2, 0.25) is 5.60 Å². The van der Waals surface area contributed by atoms with Crippen molar-refractivity contribution >= 4 is 6.09 Å². The number of benzene rings is 1. The van der Waals surface area contributed by atoms with E-state index < -0.39 is 18.4 Å². The second-order valence-corrected chi connectivity index (χ2v) is 3.65. The van der Waals surface area contributed by atoms with Gasteiger partial charge in [0, 0.05) is 6.42 Å².